The minimum Gasteiger partial charge on any atom is -0.357 e. The van der Waals surface area contributed by atoms with E-state index in [1.807, 2.05) is 12.3 Å². The quantitative estimate of drug-likeness (QED) is 0.789. The fraction of sp³-hybridized carbons (Fsp3) is 0.286. The molecule has 0 aliphatic carbocycles. The molecule has 0 spiro atoms. The molecule has 0 radical (unpaired) electrons. The summed E-state index contributed by atoms with van der Waals surface area (Å²) in [6.45, 7) is 6.09. The molecule has 1 N–H and O–H groups in total. The predicted molar refractivity (Wildman–Crippen MR) is 50.3 cm³/mol. The van der Waals surface area contributed by atoms with Crippen LogP contribution in [0.25, 0.3) is 0 Å². The lowest BCUT2D eigenvalue weighted by molar-refractivity contribution is 1.21. The minimum absolute atomic E-state index is 0.578. The first-order valence-electron chi connectivity index (χ1n) is 3.18. The Morgan fingerprint density at radius 2 is 2.64 bits per heavy atom. The molecule has 1 aromatic heterocycles. The Hall–Kier alpha value is -0.540. The van der Waals surface area contributed by atoms with Gasteiger partial charge in [-0.2, -0.15) is 0 Å². The van der Waals surface area contributed by atoms with Crippen molar-refractivity contribution in [3.63, 3.8) is 0 Å². The van der Waals surface area contributed by atoms with Crippen LogP contribution in [0.3, 0.4) is 0 Å². The molecule has 4 heteroatoms. The minimum atomic E-state index is 0.578. The predicted octanol–water partition coefficient (Wildman–Crippen LogP) is 2.62. The van der Waals surface area contributed by atoms with Crippen LogP contribution in [0, 0.1) is 6.92 Å². The zero-order chi connectivity index (χ0) is 8.27. The normalized spacial score (nSPS) is 9.64. The van der Waals surface area contributed by atoms with Gasteiger partial charge in [-0.1, -0.05) is 18.2 Å². The maximum absolute atomic E-state index is 5.55. The van der Waals surface area contributed by atoms with Gasteiger partial charge >= 0.3 is 0 Å². The van der Waals surface area contributed by atoms with Crippen LogP contribution in [0.4, 0.5) is 5.13 Å². The van der Waals surface area contributed by atoms with Gasteiger partial charge < -0.3 is 5.32 Å². The van der Waals surface area contributed by atoms with Gasteiger partial charge in [-0.05, 0) is 6.92 Å². The molecule has 1 aromatic rings. The van der Waals surface area contributed by atoms with Crippen LogP contribution in [-0.4, -0.2) is 11.5 Å². The van der Waals surface area contributed by atoms with Gasteiger partial charge in [0.25, 0.3) is 0 Å². The Kier molecular flexibility index (Phi) is 2.91. The SMILES string of the molecule is C=C(Cl)CNc1nc(C)cs1. The van der Waals surface area contributed by atoms with Crippen molar-refractivity contribution in [3.05, 3.63) is 22.7 Å². The van der Waals surface area contributed by atoms with Crippen LogP contribution in [0.2, 0.25) is 0 Å². The number of nitrogens with zero attached hydrogens (tertiary/aromatic N) is 1. The summed E-state index contributed by atoms with van der Waals surface area (Å²) in [5.74, 6) is 0. The lowest BCUT2D eigenvalue weighted by atomic mass is 10.6. The third-order valence-electron chi connectivity index (χ3n) is 1.05. The van der Waals surface area contributed by atoms with Gasteiger partial charge in [0.15, 0.2) is 5.13 Å². The van der Waals surface area contributed by atoms with Crippen LogP contribution in [0.15, 0.2) is 17.0 Å². The number of hydrogen-bond acceptors (Lipinski definition) is 3. The summed E-state index contributed by atoms with van der Waals surface area (Å²) in [7, 11) is 0. The van der Waals surface area contributed by atoms with Crippen LogP contribution in [-0.2, 0) is 0 Å². The van der Waals surface area contributed by atoms with Crippen molar-refractivity contribution in [3.8, 4) is 0 Å². The molecule has 0 bridgehead atoms. The standard InChI is InChI=1S/C7H9ClN2S/c1-5(8)3-9-7-10-6(2)4-11-7/h4H,1,3H2,2H3,(H,9,10). The number of rotatable bonds is 3. The first kappa shape index (κ1) is 8.56. The van der Waals surface area contributed by atoms with Crippen molar-refractivity contribution >= 4 is 28.1 Å². The van der Waals surface area contributed by atoms with Gasteiger partial charge in [-0.3, -0.25) is 0 Å². The number of anilines is 1. The van der Waals surface area contributed by atoms with E-state index in [-0.39, 0.29) is 0 Å². The van der Waals surface area contributed by atoms with E-state index in [4.69, 9.17) is 11.6 Å². The van der Waals surface area contributed by atoms with Crippen LogP contribution < -0.4 is 5.32 Å². The average Bonchev–Trinajstić information content (AvgIpc) is 2.31. The van der Waals surface area contributed by atoms with E-state index in [0.717, 1.165) is 10.8 Å². The Labute approximate surface area is 74.9 Å². The third kappa shape index (κ3) is 2.91. The van der Waals surface area contributed by atoms with Crippen molar-refractivity contribution in [2.45, 2.75) is 6.92 Å². The van der Waals surface area contributed by atoms with E-state index in [1.54, 1.807) is 11.3 Å². The number of nitrogens with one attached hydrogen (secondary N) is 1. The van der Waals surface area contributed by atoms with E-state index in [2.05, 4.69) is 16.9 Å². The highest BCUT2D eigenvalue weighted by molar-refractivity contribution is 7.13. The monoisotopic (exact) mass is 188 g/mol. The summed E-state index contributed by atoms with van der Waals surface area (Å²) in [6.07, 6.45) is 0. The first-order chi connectivity index (χ1) is 5.18. The second kappa shape index (κ2) is 3.74. The zero-order valence-corrected chi connectivity index (χ0v) is 7.80. The summed E-state index contributed by atoms with van der Waals surface area (Å²) >= 11 is 7.12. The van der Waals surface area contributed by atoms with Gasteiger partial charge in [0.1, 0.15) is 0 Å². The van der Waals surface area contributed by atoms with E-state index >= 15 is 0 Å². The fourth-order valence-corrected chi connectivity index (χ4v) is 1.36. The highest BCUT2D eigenvalue weighted by atomic mass is 35.5. The van der Waals surface area contributed by atoms with Crippen molar-refractivity contribution in [2.24, 2.45) is 0 Å². The number of aromatic nitrogens is 1. The Morgan fingerprint density at radius 1 is 1.91 bits per heavy atom. The van der Waals surface area contributed by atoms with E-state index in [9.17, 15) is 0 Å². The second-order valence-corrected chi connectivity index (χ2v) is 3.56. The van der Waals surface area contributed by atoms with Crippen LogP contribution >= 0.6 is 22.9 Å². The van der Waals surface area contributed by atoms with Gasteiger partial charge in [0.05, 0.1) is 12.2 Å². The topological polar surface area (TPSA) is 24.9 Å². The summed E-state index contributed by atoms with van der Waals surface area (Å²) in [6, 6.07) is 0. The van der Waals surface area contributed by atoms with Crippen LogP contribution in [0.5, 0.6) is 0 Å². The molecule has 1 heterocycles. The molecule has 0 fully saturated rings. The van der Waals surface area contributed by atoms with Gasteiger partial charge in [0.2, 0.25) is 0 Å². The van der Waals surface area contributed by atoms with Crippen molar-refractivity contribution in [1.29, 1.82) is 0 Å². The Morgan fingerprint density at radius 3 is 3.09 bits per heavy atom. The molecular weight excluding hydrogens is 180 g/mol. The Balaban J connectivity index is 2.45. The molecule has 0 aliphatic rings. The van der Waals surface area contributed by atoms with E-state index in [1.165, 1.54) is 0 Å². The summed E-state index contributed by atoms with van der Waals surface area (Å²) in [4.78, 5) is 4.19. The lowest BCUT2D eigenvalue weighted by Gasteiger charge is -1.97. The first-order valence-corrected chi connectivity index (χ1v) is 4.43. The molecule has 0 atom stereocenters. The number of thiazole rings is 1. The van der Waals surface area contributed by atoms with Crippen LogP contribution in [0.1, 0.15) is 5.69 Å². The maximum atomic E-state index is 5.55. The second-order valence-electron chi connectivity index (χ2n) is 2.16. The van der Waals surface area contributed by atoms with Crippen molar-refractivity contribution in [2.75, 3.05) is 11.9 Å². The van der Waals surface area contributed by atoms with Crippen molar-refractivity contribution < 1.29 is 0 Å². The number of aryl methyl sites for hydroxylation is 1. The average molecular weight is 189 g/mol. The van der Waals surface area contributed by atoms with Gasteiger partial charge in [-0.25, -0.2) is 4.98 Å². The van der Waals surface area contributed by atoms with E-state index in [0.29, 0.717) is 11.6 Å². The molecule has 2 nitrogen and oxygen atoms in total. The summed E-state index contributed by atoms with van der Waals surface area (Å²) in [5.41, 5.74) is 1.03. The number of halogens is 1. The van der Waals surface area contributed by atoms with Gasteiger partial charge in [-0.15, -0.1) is 11.3 Å². The molecule has 60 valence electrons. The lowest BCUT2D eigenvalue weighted by Crippen LogP contribution is -1.99. The smallest absolute Gasteiger partial charge is 0.183 e. The molecule has 0 saturated carbocycles. The Bertz CT molecular complexity index is 257. The highest BCUT2D eigenvalue weighted by Crippen LogP contribution is 2.14. The highest BCUT2D eigenvalue weighted by Gasteiger charge is 1.96. The molecule has 0 amide bonds. The zero-order valence-electron chi connectivity index (χ0n) is 6.22. The fourth-order valence-electron chi connectivity index (χ4n) is 0.607. The van der Waals surface area contributed by atoms with Crippen molar-refractivity contribution in [1.82, 2.24) is 4.98 Å². The third-order valence-corrected chi connectivity index (χ3v) is 2.10. The number of hydrogen-bond donors (Lipinski definition) is 1. The molecule has 0 saturated heterocycles. The maximum Gasteiger partial charge on any atom is 0.183 e. The summed E-state index contributed by atoms with van der Waals surface area (Å²) < 4.78 is 0. The molecule has 11 heavy (non-hydrogen) atoms. The largest absolute Gasteiger partial charge is 0.357 e. The molecular formula is C7H9ClN2S. The molecule has 0 aromatic carbocycles. The molecule has 0 unspecified atom stereocenters. The van der Waals surface area contributed by atoms with Gasteiger partial charge in [0, 0.05) is 10.4 Å². The van der Waals surface area contributed by atoms with E-state index < -0.39 is 0 Å². The summed E-state index contributed by atoms with van der Waals surface area (Å²) in [5, 5.41) is 6.51. The molecule has 1 rings (SSSR count). The molecule has 0 aliphatic heterocycles.